The van der Waals surface area contributed by atoms with Crippen LogP contribution in [0.4, 0.5) is 5.69 Å². The molecule has 0 aliphatic carbocycles. The molecule has 2 rings (SSSR count). The van der Waals surface area contributed by atoms with Crippen LogP contribution in [0.3, 0.4) is 0 Å². The van der Waals surface area contributed by atoms with Gasteiger partial charge in [0.05, 0.1) is 5.69 Å². The van der Waals surface area contributed by atoms with E-state index in [1.165, 1.54) is 11.8 Å². The number of benzene rings is 1. The molecular weight excluding hydrogens is 320 g/mol. The van der Waals surface area contributed by atoms with Crippen molar-refractivity contribution in [3.05, 3.63) is 49.1 Å². The Bertz CT molecular complexity index is 701. The van der Waals surface area contributed by atoms with Crippen LogP contribution >= 0.6 is 0 Å². The lowest BCUT2D eigenvalue weighted by molar-refractivity contribution is -0.130. The summed E-state index contributed by atoms with van der Waals surface area (Å²) in [6, 6.07) is 4.97. The molecule has 0 unspecified atom stereocenters. The zero-order valence-corrected chi connectivity index (χ0v) is 14.4. The standard InChI is InChI=1S/C19H22N2O4/c1-4-9-20(10-5-2)18(23)8-11-21-16-12-15(14(3)22)6-7-17(16)25-13-19(21)24/h4-7,12H,1-2,8-11,13H2,3H3. The van der Waals surface area contributed by atoms with Gasteiger partial charge in [-0.15, -0.1) is 13.2 Å². The molecule has 1 aromatic rings. The number of Topliss-reactive ketones (excluding diaryl/α,β-unsaturated/α-hetero) is 1. The Hall–Kier alpha value is -2.89. The van der Waals surface area contributed by atoms with E-state index in [1.54, 1.807) is 35.3 Å². The highest BCUT2D eigenvalue weighted by molar-refractivity contribution is 6.01. The second kappa shape index (κ2) is 8.28. The average Bonchev–Trinajstić information content (AvgIpc) is 2.59. The number of fused-ring (bicyclic) bond motifs is 1. The van der Waals surface area contributed by atoms with E-state index in [-0.39, 0.29) is 37.2 Å². The molecule has 2 amide bonds. The van der Waals surface area contributed by atoms with Crippen LogP contribution in [0.1, 0.15) is 23.7 Å². The van der Waals surface area contributed by atoms with Crippen molar-refractivity contribution in [2.24, 2.45) is 0 Å². The number of rotatable bonds is 8. The van der Waals surface area contributed by atoms with Gasteiger partial charge in [0.2, 0.25) is 5.91 Å². The second-order valence-corrected chi connectivity index (χ2v) is 5.70. The van der Waals surface area contributed by atoms with Gasteiger partial charge in [-0.2, -0.15) is 0 Å². The molecule has 0 spiro atoms. The molecule has 132 valence electrons. The first kappa shape index (κ1) is 18.4. The van der Waals surface area contributed by atoms with Crippen LogP contribution in [-0.2, 0) is 9.59 Å². The number of nitrogens with zero attached hydrogens (tertiary/aromatic N) is 2. The van der Waals surface area contributed by atoms with Gasteiger partial charge in [0.25, 0.3) is 5.91 Å². The normalized spacial score (nSPS) is 12.8. The minimum Gasteiger partial charge on any atom is -0.482 e. The van der Waals surface area contributed by atoms with Gasteiger partial charge < -0.3 is 14.5 Å². The molecule has 0 saturated carbocycles. The van der Waals surface area contributed by atoms with Crippen LogP contribution in [0, 0.1) is 0 Å². The fourth-order valence-corrected chi connectivity index (χ4v) is 2.62. The molecule has 6 nitrogen and oxygen atoms in total. The Morgan fingerprint density at radius 1 is 1.28 bits per heavy atom. The molecule has 0 fully saturated rings. The number of anilines is 1. The molecule has 1 aromatic carbocycles. The molecule has 25 heavy (non-hydrogen) atoms. The van der Waals surface area contributed by atoms with Gasteiger partial charge in [-0.3, -0.25) is 14.4 Å². The van der Waals surface area contributed by atoms with Crippen molar-refractivity contribution in [3.8, 4) is 5.75 Å². The van der Waals surface area contributed by atoms with Gasteiger partial charge in [-0.05, 0) is 25.1 Å². The molecule has 0 bridgehead atoms. The van der Waals surface area contributed by atoms with E-state index in [2.05, 4.69) is 13.2 Å². The van der Waals surface area contributed by atoms with Gasteiger partial charge in [-0.25, -0.2) is 0 Å². The maximum absolute atomic E-state index is 12.4. The number of carbonyl (C=O) groups excluding carboxylic acids is 3. The lowest BCUT2D eigenvalue weighted by atomic mass is 10.1. The third-order valence-electron chi connectivity index (χ3n) is 3.91. The molecular formula is C19H22N2O4. The summed E-state index contributed by atoms with van der Waals surface area (Å²) in [7, 11) is 0. The highest BCUT2D eigenvalue weighted by atomic mass is 16.5. The van der Waals surface area contributed by atoms with Crippen molar-refractivity contribution >= 4 is 23.3 Å². The van der Waals surface area contributed by atoms with Crippen LogP contribution < -0.4 is 9.64 Å². The van der Waals surface area contributed by atoms with Crippen LogP contribution in [-0.4, -0.2) is 48.7 Å². The summed E-state index contributed by atoms with van der Waals surface area (Å²) in [5.41, 5.74) is 1.02. The first-order chi connectivity index (χ1) is 12.0. The maximum atomic E-state index is 12.4. The summed E-state index contributed by atoms with van der Waals surface area (Å²) in [5.74, 6) is 0.106. The van der Waals surface area contributed by atoms with E-state index in [9.17, 15) is 14.4 Å². The van der Waals surface area contributed by atoms with Crippen molar-refractivity contribution in [3.63, 3.8) is 0 Å². The summed E-state index contributed by atoms with van der Waals surface area (Å²) in [4.78, 5) is 39.3. The number of ketones is 1. The number of carbonyl (C=O) groups is 3. The summed E-state index contributed by atoms with van der Waals surface area (Å²) in [6.07, 6.45) is 3.46. The smallest absolute Gasteiger partial charge is 0.265 e. The van der Waals surface area contributed by atoms with Crippen LogP contribution in [0.5, 0.6) is 5.75 Å². The van der Waals surface area contributed by atoms with E-state index in [4.69, 9.17) is 4.74 Å². The predicted octanol–water partition coefficient (Wildman–Crippen LogP) is 2.21. The molecule has 1 heterocycles. The van der Waals surface area contributed by atoms with Crippen molar-refractivity contribution in [1.29, 1.82) is 0 Å². The van der Waals surface area contributed by atoms with Crippen molar-refractivity contribution in [2.75, 3.05) is 31.1 Å². The highest BCUT2D eigenvalue weighted by Crippen LogP contribution is 2.33. The second-order valence-electron chi connectivity index (χ2n) is 5.70. The molecule has 0 radical (unpaired) electrons. The lowest BCUT2D eigenvalue weighted by Crippen LogP contribution is -2.42. The number of amides is 2. The zero-order valence-electron chi connectivity index (χ0n) is 14.4. The minimum absolute atomic E-state index is 0.0797. The zero-order chi connectivity index (χ0) is 18.4. The third kappa shape index (κ3) is 4.35. The Morgan fingerprint density at radius 3 is 2.56 bits per heavy atom. The number of ether oxygens (including phenoxy) is 1. The van der Waals surface area contributed by atoms with Gasteiger partial charge in [0.15, 0.2) is 12.4 Å². The molecule has 1 aliphatic heterocycles. The van der Waals surface area contributed by atoms with Gasteiger partial charge in [-0.1, -0.05) is 12.2 Å². The Balaban J connectivity index is 2.16. The van der Waals surface area contributed by atoms with Crippen molar-refractivity contribution in [2.45, 2.75) is 13.3 Å². The molecule has 1 aliphatic rings. The molecule has 0 aromatic heterocycles. The largest absolute Gasteiger partial charge is 0.482 e. The van der Waals surface area contributed by atoms with Crippen LogP contribution in [0.25, 0.3) is 0 Å². The van der Waals surface area contributed by atoms with Crippen molar-refractivity contribution < 1.29 is 19.1 Å². The maximum Gasteiger partial charge on any atom is 0.265 e. The number of hydrogen-bond acceptors (Lipinski definition) is 4. The van der Waals surface area contributed by atoms with Gasteiger partial charge in [0.1, 0.15) is 5.75 Å². The molecule has 6 heteroatoms. The Kier molecular flexibility index (Phi) is 6.11. The summed E-state index contributed by atoms with van der Waals surface area (Å²) >= 11 is 0. The Morgan fingerprint density at radius 2 is 1.96 bits per heavy atom. The Labute approximate surface area is 147 Å². The monoisotopic (exact) mass is 342 g/mol. The first-order valence-corrected chi connectivity index (χ1v) is 8.05. The van der Waals surface area contributed by atoms with Gasteiger partial charge in [0, 0.05) is 31.6 Å². The van der Waals surface area contributed by atoms with E-state index in [0.29, 0.717) is 30.1 Å². The molecule has 0 atom stereocenters. The highest BCUT2D eigenvalue weighted by Gasteiger charge is 2.27. The number of hydrogen-bond donors (Lipinski definition) is 0. The van der Waals surface area contributed by atoms with Crippen LogP contribution in [0.15, 0.2) is 43.5 Å². The van der Waals surface area contributed by atoms with E-state index in [1.807, 2.05) is 0 Å². The SMILES string of the molecule is C=CCN(CC=C)C(=O)CCN1C(=O)COc2ccc(C(C)=O)cc21. The fraction of sp³-hybridized carbons (Fsp3) is 0.316. The fourth-order valence-electron chi connectivity index (χ4n) is 2.62. The predicted molar refractivity (Wildman–Crippen MR) is 95.9 cm³/mol. The lowest BCUT2D eigenvalue weighted by Gasteiger charge is -2.30. The van der Waals surface area contributed by atoms with Crippen molar-refractivity contribution in [1.82, 2.24) is 4.90 Å². The topological polar surface area (TPSA) is 66.9 Å². The van der Waals surface area contributed by atoms with E-state index >= 15 is 0 Å². The average molecular weight is 342 g/mol. The summed E-state index contributed by atoms with van der Waals surface area (Å²) < 4.78 is 5.41. The molecule has 0 N–H and O–H groups in total. The van der Waals surface area contributed by atoms with E-state index in [0.717, 1.165) is 0 Å². The minimum atomic E-state index is -0.236. The van der Waals surface area contributed by atoms with Crippen LogP contribution in [0.2, 0.25) is 0 Å². The third-order valence-corrected chi connectivity index (χ3v) is 3.91. The van der Waals surface area contributed by atoms with Gasteiger partial charge >= 0.3 is 0 Å². The quantitative estimate of drug-likeness (QED) is 0.537. The first-order valence-electron chi connectivity index (χ1n) is 8.05. The summed E-state index contributed by atoms with van der Waals surface area (Å²) in [5, 5.41) is 0. The van der Waals surface area contributed by atoms with E-state index < -0.39 is 0 Å². The molecule has 0 saturated heterocycles. The summed E-state index contributed by atoms with van der Waals surface area (Å²) in [6.45, 7) is 9.74.